The Morgan fingerprint density at radius 1 is 0.857 bits per heavy atom. The second kappa shape index (κ2) is 9.51. The molecule has 0 rings (SSSR count). The summed E-state index contributed by atoms with van der Waals surface area (Å²) in [5.74, 6) is 0.848. The van der Waals surface area contributed by atoms with Crippen LogP contribution >= 0.6 is 0 Å². The zero-order valence-electron chi connectivity index (χ0n) is 10.7. The van der Waals surface area contributed by atoms with Crippen molar-refractivity contribution >= 4 is 0 Å². The third kappa shape index (κ3) is 8.55. The molecule has 0 amide bonds. The van der Waals surface area contributed by atoms with E-state index in [-0.39, 0.29) is 0 Å². The van der Waals surface area contributed by atoms with Crippen LogP contribution in [0, 0.1) is 5.92 Å². The first kappa shape index (κ1) is 14.0. The molecule has 14 heavy (non-hydrogen) atoms. The van der Waals surface area contributed by atoms with Gasteiger partial charge in [-0.15, -0.1) is 0 Å². The Morgan fingerprint density at radius 3 is 1.71 bits per heavy atom. The summed E-state index contributed by atoms with van der Waals surface area (Å²) in [7, 11) is 0. The minimum Gasteiger partial charge on any atom is -0.303 e. The van der Waals surface area contributed by atoms with Crippen molar-refractivity contribution in [1.82, 2.24) is 4.90 Å². The fourth-order valence-corrected chi connectivity index (χ4v) is 1.54. The first-order chi connectivity index (χ1) is 6.70. The third-order valence-corrected chi connectivity index (χ3v) is 2.68. The molecule has 0 aliphatic heterocycles. The zero-order chi connectivity index (χ0) is 10.8. The second-order valence-electron chi connectivity index (χ2n) is 4.73. The topological polar surface area (TPSA) is 3.24 Å². The van der Waals surface area contributed by atoms with Crippen molar-refractivity contribution in [3.63, 3.8) is 0 Å². The number of hydrogen-bond donors (Lipinski definition) is 0. The van der Waals surface area contributed by atoms with Gasteiger partial charge < -0.3 is 4.90 Å². The lowest BCUT2D eigenvalue weighted by Gasteiger charge is -2.22. The molecular weight excluding hydrogens is 170 g/mol. The van der Waals surface area contributed by atoms with Crippen LogP contribution in [0.2, 0.25) is 0 Å². The van der Waals surface area contributed by atoms with Crippen LogP contribution in [0.3, 0.4) is 0 Å². The molecular formula is C13H29N. The maximum absolute atomic E-state index is 2.65. The molecule has 0 aliphatic rings. The fraction of sp³-hybridized carbons (Fsp3) is 1.00. The third-order valence-electron chi connectivity index (χ3n) is 2.68. The van der Waals surface area contributed by atoms with Crippen molar-refractivity contribution in [2.45, 2.75) is 59.8 Å². The summed E-state index contributed by atoms with van der Waals surface area (Å²) in [6.45, 7) is 13.1. The maximum Gasteiger partial charge on any atom is -0.00163 e. The van der Waals surface area contributed by atoms with E-state index in [1.165, 1.54) is 51.7 Å². The van der Waals surface area contributed by atoms with Gasteiger partial charge in [-0.25, -0.2) is 0 Å². The minimum absolute atomic E-state index is 0.848. The largest absolute Gasteiger partial charge is 0.303 e. The standard InChI is InChI=1S/C13H29N/c1-5-7-10-14(11-8-6-2)12-9-13(3)4/h13H,5-12H2,1-4H3. The average Bonchev–Trinajstić information content (AvgIpc) is 2.16. The molecule has 0 aromatic heterocycles. The van der Waals surface area contributed by atoms with E-state index in [9.17, 15) is 0 Å². The van der Waals surface area contributed by atoms with Gasteiger partial charge in [-0.05, 0) is 44.8 Å². The number of hydrogen-bond acceptors (Lipinski definition) is 1. The highest BCUT2D eigenvalue weighted by Gasteiger charge is 2.04. The van der Waals surface area contributed by atoms with Crippen LogP contribution < -0.4 is 0 Å². The lowest BCUT2D eigenvalue weighted by atomic mass is 10.1. The molecule has 0 fully saturated rings. The summed E-state index contributed by atoms with van der Waals surface area (Å²) < 4.78 is 0. The summed E-state index contributed by atoms with van der Waals surface area (Å²) in [4.78, 5) is 2.65. The molecule has 0 radical (unpaired) electrons. The van der Waals surface area contributed by atoms with Crippen molar-refractivity contribution in [2.75, 3.05) is 19.6 Å². The van der Waals surface area contributed by atoms with Gasteiger partial charge in [-0.3, -0.25) is 0 Å². The number of rotatable bonds is 9. The SMILES string of the molecule is CCCCN(CCCC)CCC(C)C. The van der Waals surface area contributed by atoms with Gasteiger partial charge in [0.1, 0.15) is 0 Å². The van der Waals surface area contributed by atoms with Crippen LogP contribution in [0.5, 0.6) is 0 Å². The smallest absolute Gasteiger partial charge is 0.00163 e. The molecule has 0 aromatic rings. The van der Waals surface area contributed by atoms with Crippen molar-refractivity contribution < 1.29 is 0 Å². The van der Waals surface area contributed by atoms with E-state index in [1.54, 1.807) is 0 Å². The molecule has 0 saturated heterocycles. The lowest BCUT2D eigenvalue weighted by molar-refractivity contribution is 0.250. The van der Waals surface area contributed by atoms with Gasteiger partial charge in [0.05, 0.1) is 0 Å². The Hall–Kier alpha value is -0.0400. The molecule has 0 aromatic carbocycles. The van der Waals surface area contributed by atoms with Crippen molar-refractivity contribution in [2.24, 2.45) is 5.92 Å². The van der Waals surface area contributed by atoms with Crippen molar-refractivity contribution in [3.05, 3.63) is 0 Å². The van der Waals surface area contributed by atoms with Crippen LogP contribution in [0.25, 0.3) is 0 Å². The van der Waals surface area contributed by atoms with E-state index in [4.69, 9.17) is 0 Å². The van der Waals surface area contributed by atoms with Gasteiger partial charge in [0.25, 0.3) is 0 Å². The fourth-order valence-electron chi connectivity index (χ4n) is 1.54. The summed E-state index contributed by atoms with van der Waals surface area (Å²) in [6.07, 6.45) is 6.73. The highest BCUT2D eigenvalue weighted by atomic mass is 15.1. The van der Waals surface area contributed by atoms with E-state index in [0.29, 0.717) is 0 Å². The molecule has 0 bridgehead atoms. The Balaban J connectivity index is 3.60. The average molecular weight is 199 g/mol. The van der Waals surface area contributed by atoms with Gasteiger partial charge in [0.15, 0.2) is 0 Å². The minimum atomic E-state index is 0.848. The predicted octanol–water partition coefficient (Wildman–Crippen LogP) is 3.93. The first-order valence-electron chi connectivity index (χ1n) is 6.43. The summed E-state index contributed by atoms with van der Waals surface area (Å²) >= 11 is 0. The maximum atomic E-state index is 2.65. The molecule has 0 spiro atoms. The van der Waals surface area contributed by atoms with E-state index in [2.05, 4.69) is 32.6 Å². The van der Waals surface area contributed by atoms with E-state index in [0.717, 1.165) is 5.92 Å². The summed E-state index contributed by atoms with van der Waals surface area (Å²) in [6, 6.07) is 0. The highest BCUT2D eigenvalue weighted by Crippen LogP contribution is 2.05. The molecule has 86 valence electrons. The molecule has 0 heterocycles. The quantitative estimate of drug-likeness (QED) is 0.544. The van der Waals surface area contributed by atoms with Crippen LogP contribution in [-0.2, 0) is 0 Å². The van der Waals surface area contributed by atoms with Crippen LogP contribution in [0.4, 0.5) is 0 Å². The highest BCUT2D eigenvalue weighted by molar-refractivity contribution is 4.59. The summed E-state index contributed by atoms with van der Waals surface area (Å²) in [5.41, 5.74) is 0. The Morgan fingerprint density at radius 2 is 1.36 bits per heavy atom. The molecule has 1 nitrogen and oxygen atoms in total. The van der Waals surface area contributed by atoms with Gasteiger partial charge in [-0.1, -0.05) is 40.5 Å². The Bertz CT molecular complexity index is 102. The van der Waals surface area contributed by atoms with Crippen LogP contribution in [-0.4, -0.2) is 24.5 Å². The van der Waals surface area contributed by atoms with Gasteiger partial charge in [0, 0.05) is 0 Å². The Kier molecular flexibility index (Phi) is 9.49. The number of nitrogens with zero attached hydrogens (tertiary/aromatic N) is 1. The molecule has 0 saturated carbocycles. The second-order valence-corrected chi connectivity index (χ2v) is 4.73. The van der Waals surface area contributed by atoms with E-state index < -0.39 is 0 Å². The first-order valence-corrected chi connectivity index (χ1v) is 6.43. The molecule has 0 aliphatic carbocycles. The van der Waals surface area contributed by atoms with Gasteiger partial charge in [-0.2, -0.15) is 0 Å². The predicted molar refractivity (Wildman–Crippen MR) is 65.7 cm³/mol. The molecule has 0 unspecified atom stereocenters. The molecule has 0 atom stereocenters. The summed E-state index contributed by atoms with van der Waals surface area (Å²) in [5, 5.41) is 0. The van der Waals surface area contributed by atoms with E-state index >= 15 is 0 Å². The van der Waals surface area contributed by atoms with E-state index in [1.807, 2.05) is 0 Å². The Labute approximate surface area is 90.9 Å². The zero-order valence-corrected chi connectivity index (χ0v) is 10.7. The van der Waals surface area contributed by atoms with Crippen molar-refractivity contribution in [1.29, 1.82) is 0 Å². The van der Waals surface area contributed by atoms with Gasteiger partial charge >= 0.3 is 0 Å². The normalized spacial score (nSPS) is 11.6. The lowest BCUT2D eigenvalue weighted by Crippen LogP contribution is -2.28. The molecule has 1 heteroatoms. The van der Waals surface area contributed by atoms with Crippen LogP contribution in [0.1, 0.15) is 59.8 Å². The van der Waals surface area contributed by atoms with Crippen molar-refractivity contribution in [3.8, 4) is 0 Å². The van der Waals surface area contributed by atoms with Crippen LogP contribution in [0.15, 0.2) is 0 Å². The van der Waals surface area contributed by atoms with Gasteiger partial charge in [0.2, 0.25) is 0 Å². The molecule has 0 N–H and O–H groups in total. The monoisotopic (exact) mass is 199 g/mol. The number of unbranched alkanes of at least 4 members (excludes halogenated alkanes) is 2.